The fourth-order valence-corrected chi connectivity index (χ4v) is 4.66. The first-order chi connectivity index (χ1) is 15.5. The van der Waals surface area contributed by atoms with Crippen molar-refractivity contribution in [2.45, 2.75) is 34.6 Å². The van der Waals surface area contributed by atoms with Crippen LogP contribution < -0.4 is 9.73 Å². The lowest BCUT2D eigenvalue weighted by Crippen LogP contribution is -2.39. The van der Waals surface area contributed by atoms with Crippen LogP contribution in [0.2, 0.25) is 0 Å². The molecule has 174 valence electrons. The van der Waals surface area contributed by atoms with Crippen molar-refractivity contribution in [2.75, 3.05) is 17.1 Å². The number of nitrogens with zero attached hydrogens (tertiary/aromatic N) is 3. The van der Waals surface area contributed by atoms with Gasteiger partial charge in [-0.2, -0.15) is 5.10 Å². The fraction of sp³-hybridized carbons (Fsp3) is 0.280. The Bertz CT molecular complexity index is 1320. The molecular formula is C25H30N4O3S. The SMILES string of the molecule is Cc1ccc(-n2c(C)cc(/C=N/NC(=O)CN(c3ccccc3C)S(C)(=O)=O)c2C)cc1C. The van der Waals surface area contributed by atoms with E-state index in [1.54, 1.807) is 31.3 Å². The molecule has 0 aliphatic carbocycles. The molecular weight excluding hydrogens is 436 g/mol. The number of para-hydroxylation sites is 1. The summed E-state index contributed by atoms with van der Waals surface area (Å²) in [5.74, 6) is -0.525. The van der Waals surface area contributed by atoms with Crippen LogP contribution in [0.1, 0.15) is 33.6 Å². The van der Waals surface area contributed by atoms with Crippen LogP contribution in [-0.2, 0) is 14.8 Å². The number of hydrogen-bond donors (Lipinski definition) is 1. The van der Waals surface area contributed by atoms with Crippen LogP contribution in [0.5, 0.6) is 0 Å². The molecule has 1 N–H and O–H groups in total. The summed E-state index contributed by atoms with van der Waals surface area (Å²) in [6, 6.07) is 15.3. The van der Waals surface area contributed by atoms with E-state index in [9.17, 15) is 13.2 Å². The highest BCUT2D eigenvalue weighted by Crippen LogP contribution is 2.23. The van der Waals surface area contributed by atoms with E-state index in [0.717, 1.165) is 38.8 Å². The maximum Gasteiger partial charge on any atom is 0.260 e. The van der Waals surface area contributed by atoms with E-state index >= 15 is 0 Å². The molecule has 0 aliphatic heterocycles. The van der Waals surface area contributed by atoms with Gasteiger partial charge in [0.2, 0.25) is 10.0 Å². The fourth-order valence-electron chi connectivity index (χ4n) is 3.74. The molecule has 8 heteroatoms. The van der Waals surface area contributed by atoms with Gasteiger partial charge in [-0.1, -0.05) is 24.3 Å². The normalized spacial score (nSPS) is 11.7. The first-order valence-electron chi connectivity index (χ1n) is 10.6. The quantitative estimate of drug-likeness (QED) is 0.423. The van der Waals surface area contributed by atoms with Crippen molar-refractivity contribution in [3.63, 3.8) is 0 Å². The van der Waals surface area contributed by atoms with Crippen molar-refractivity contribution in [3.05, 3.63) is 82.2 Å². The second-order valence-electron chi connectivity index (χ2n) is 8.28. The molecule has 33 heavy (non-hydrogen) atoms. The molecule has 1 heterocycles. The minimum absolute atomic E-state index is 0.358. The predicted octanol–water partition coefficient (Wildman–Crippen LogP) is 3.94. The lowest BCUT2D eigenvalue weighted by molar-refractivity contribution is -0.119. The standard InChI is InChI=1S/C25H30N4O3S/c1-17-11-12-23(13-19(17)3)29-20(4)14-22(21(29)5)15-26-27-25(30)16-28(33(6,31)32)24-10-8-7-9-18(24)2/h7-15H,16H2,1-6H3,(H,27,30)/b26-15+. The van der Waals surface area contributed by atoms with E-state index < -0.39 is 15.9 Å². The zero-order chi connectivity index (χ0) is 24.3. The molecule has 0 saturated carbocycles. The minimum atomic E-state index is -3.64. The lowest BCUT2D eigenvalue weighted by Gasteiger charge is -2.23. The highest BCUT2D eigenvalue weighted by atomic mass is 32.2. The second-order valence-corrected chi connectivity index (χ2v) is 10.2. The zero-order valence-electron chi connectivity index (χ0n) is 19.9. The van der Waals surface area contributed by atoms with Crippen LogP contribution in [-0.4, -0.2) is 37.9 Å². The van der Waals surface area contributed by atoms with Gasteiger partial charge in [0.05, 0.1) is 18.2 Å². The van der Waals surface area contributed by atoms with E-state index in [0.29, 0.717) is 5.69 Å². The molecule has 0 bridgehead atoms. The topological polar surface area (TPSA) is 83.8 Å². The van der Waals surface area contributed by atoms with E-state index in [1.807, 2.05) is 26.0 Å². The summed E-state index contributed by atoms with van der Waals surface area (Å²) >= 11 is 0. The molecule has 0 radical (unpaired) electrons. The average Bonchev–Trinajstić information content (AvgIpc) is 3.01. The summed E-state index contributed by atoms with van der Waals surface area (Å²) in [4.78, 5) is 12.5. The zero-order valence-corrected chi connectivity index (χ0v) is 20.7. The predicted molar refractivity (Wildman–Crippen MR) is 134 cm³/mol. The van der Waals surface area contributed by atoms with Gasteiger partial charge >= 0.3 is 0 Å². The molecule has 3 aromatic rings. The third-order valence-corrected chi connectivity index (χ3v) is 6.81. The van der Waals surface area contributed by atoms with Crippen LogP contribution in [0.4, 0.5) is 5.69 Å². The van der Waals surface area contributed by atoms with Crippen molar-refractivity contribution in [1.29, 1.82) is 0 Å². The smallest absolute Gasteiger partial charge is 0.260 e. The Labute approximate surface area is 195 Å². The molecule has 0 aliphatic rings. The highest BCUT2D eigenvalue weighted by molar-refractivity contribution is 7.92. The number of nitrogens with one attached hydrogen (secondary N) is 1. The molecule has 2 aromatic carbocycles. The van der Waals surface area contributed by atoms with Crippen molar-refractivity contribution < 1.29 is 13.2 Å². The number of hydrogen-bond acceptors (Lipinski definition) is 4. The third kappa shape index (κ3) is 5.51. The number of amides is 1. The van der Waals surface area contributed by atoms with Crippen molar-refractivity contribution >= 4 is 27.8 Å². The molecule has 0 unspecified atom stereocenters. The van der Waals surface area contributed by atoms with Crippen LogP contribution in [0, 0.1) is 34.6 Å². The molecule has 0 spiro atoms. The molecule has 1 amide bonds. The average molecular weight is 467 g/mol. The Kier molecular flexibility index (Phi) is 7.07. The maximum atomic E-state index is 12.5. The van der Waals surface area contributed by atoms with E-state index in [2.05, 4.69) is 47.1 Å². The number of benzene rings is 2. The van der Waals surface area contributed by atoms with Gasteiger partial charge in [-0.15, -0.1) is 0 Å². The van der Waals surface area contributed by atoms with Crippen LogP contribution in [0.25, 0.3) is 5.69 Å². The van der Waals surface area contributed by atoms with Crippen molar-refractivity contribution in [1.82, 2.24) is 9.99 Å². The Hall–Kier alpha value is -3.39. The molecule has 3 rings (SSSR count). The first kappa shape index (κ1) is 24.3. The molecule has 0 saturated heterocycles. The Morgan fingerprint density at radius 1 is 1.00 bits per heavy atom. The largest absolute Gasteiger partial charge is 0.318 e. The monoisotopic (exact) mass is 466 g/mol. The molecule has 1 aromatic heterocycles. The number of carbonyl (C=O) groups is 1. The maximum absolute atomic E-state index is 12.5. The Morgan fingerprint density at radius 3 is 2.33 bits per heavy atom. The summed E-state index contributed by atoms with van der Waals surface area (Å²) in [6.07, 6.45) is 2.66. The van der Waals surface area contributed by atoms with Gasteiger partial charge in [0.1, 0.15) is 6.54 Å². The van der Waals surface area contributed by atoms with Crippen LogP contribution in [0.3, 0.4) is 0 Å². The molecule has 7 nitrogen and oxygen atoms in total. The van der Waals surface area contributed by atoms with Gasteiger partial charge in [-0.25, -0.2) is 13.8 Å². The number of aryl methyl sites for hydroxylation is 4. The number of anilines is 1. The minimum Gasteiger partial charge on any atom is -0.318 e. The Balaban J connectivity index is 1.76. The van der Waals surface area contributed by atoms with E-state index in [1.165, 1.54) is 11.1 Å². The molecule has 0 fully saturated rings. The first-order valence-corrected chi connectivity index (χ1v) is 12.5. The van der Waals surface area contributed by atoms with Gasteiger partial charge in [-0.05, 0) is 75.6 Å². The van der Waals surface area contributed by atoms with Gasteiger partial charge in [0.25, 0.3) is 5.91 Å². The highest BCUT2D eigenvalue weighted by Gasteiger charge is 2.22. The summed E-state index contributed by atoms with van der Waals surface area (Å²) in [6.45, 7) is 9.62. The van der Waals surface area contributed by atoms with Gasteiger partial charge < -0.3 is 4.57 Å². The number of rotatable bonds is 7. The number of carbonyl (C=O) groups excluding carboxylic acids is 1. The number of sulfonamides is 1. The number of aromatic nitrogens is 1. The molecule has 0 atom stereocenters. The summed E-state index contributed by atoms with van der Waals surface area (Å²) in [5.41, 5.74) is 10.1. The summed E-state index contributed by atoms with van der Waals surface area (Å²) in [5, 5.41) is 4.07. The van der Waals surface area contributed by atoms with E-state index in [4.69, 9.17) is 0 Å². The Morgan fingerprint density at radius 2 is 1.70 bits per heavy atom. The van der Waals surface area contributed by atoms with E-state index in [-0.39, 0.29) is 6.54 Å². The third-order valence-electron chi connectivity index (χ3n) is 5.68. The van der Waals surface area contributed by atoms with Crippen molar-refractivity contribution in [2.24, 2.45) is 5.10 Å². The van der Waals surface area contributed by atoms with Crippen LogP contribution >= 0.6 is 0 Å². The lowest BCUT2D eigenvalue weighted by atomic mass is 10.1. The second kappa shape index (κ2) is 9.62. The van der Waals surface area contributed by atoms with Gasteiger partial charge in [0, 0.05) is 22.6 Å². The number of hydrazone groups is 1. The summed E-state index contributed by atoms with van der Waals surface area (Å²) in [7, 11) is -3.64. The van der Waals surface area contributed by atoms with Gasteiger partial charge in [0.15, 0.2) is 0 Å². The van der Waals surface area contributed by atoms with Gasteiger partial charge in [-0.3, -0.25) is 9.10 Å². The van der Waals surface area contributed by atoms with Crippen molar-refractivity contribution in [3.8, 4) is 5.69 Å². The summed E-state index contributed by atoms with van der Waals surface area (Å²) < 4.78 is 27.8. The van der Waals surface area contributed by atoms with Crippen LogP contribution in [0.15, 0.2) is 53.6 Å².